The fourth-order valence-electron chi connectivity index (χ4n) is 4.26. The third-order valence-electron chi connectivity index (χ3n) is 5.72. The molecule has 3 heterocycles. The Hall–Kier alpha value is -2.97. The topological polar surface area (TPSA) is 91.4 Å². The number of amides is 3. The monoisotopic (exact) mass is 430 g/mol. The predicted molar refractivity (Wildman–Crippen MR) is 115 cm³/mol. The Morgan fingerprint density at radius 3 is 2.48 bits per heavy atom. The van der Waals surface area contributed by atoms with E-state index in [0.29, 0.717) is 52.2 Å². The molecule has 3 amide bonds. The van der Waals surface area contributed by atoms with Crippen molar-refractivity contribution in [1.29, 1.82) is 0 Å². The van der Waals surface area contributed by atoms with Crippen LogP contribution in [0.2, 0.25) is 0 Å². The third kappa shape index (κ3) is 4.55. The van der Waals surface area contributed by atoms with Gasteiger partial charge in [-0.1, -0.05) is 6.07 Å². The van der Waals surface area contributed by atoms with Crippen molar-refractivity contribution >= 4 is 29.3 Å². The lowest BCUT2D eigenvalue weighted by molar-refractivity contribution is -0.134. The molecule has 3 aliphatic heterocycles. The first-order chi connectivity index (χ1) is 14.7. The summed E-state index contributed by atoms with van der Waals surface area (Å²) in [6.45, 7) is 9.11. The fourth-order valence-corrected chi connectivity index (χ4v) is 4.26. The van der Waals surface area contributed by atoms with Crippen LogP contribution in [-0.4, -0.2) is 73.8 Å². The van der Waals surface area contributed by atoms with Crippen LogP contribution in [0.1, 0.15) is 33.6 Å². The van der Waals surface area contributed by atoms with E-state index in [1.807, 2.05) is 43.9 Å². The average Bonchev–Trinajstić information content (AvgIpc) is 2.72. The number of nitrogens with one attached hydrogen (secondary N) is 1. The molecule has 0 radical (unpaired) electrons. The number of anilines is 2. The number of carbonyl (C=O) groups is 3. The van der Waals surface area contributed by atoms with Crippen LogP contribution in [0.4, 0.5) is 16.2 Å². The van der Waals surface area contributed by atoms with Crippen molar-refractivity contribution in [2.75, 3.05) is 49.1 Å². The third-order valence-corrected chi connectivity index (χ3v) is 5.72. The Morgan fingerprint density at radius 2 is 1.81 bits per heavy atom. The molecule has 3 aliphatic rings. The lowest BCUT2D eigenvalue weighted by atomic mass is 10.0. The maximum Gasteiger partial charge on any atom is 0.410 e. The zero-order chi connectivity index (χ0) is 22.2. The highest BCUT2D eigenvalue weighted by Crippen LogP contribution is 2.42. The molecule has 0 aromatic heterocycles. The smallest absolute Gasteiger partial charge is 0.410 e. The molecule has 9 heteroatoms. The summed E-state index contributed by atoms with van der Waals surface area (Å²) in [7, 11) is 0. The first-order valence-electron chi connectivity index (χ1n) is 10.8. The molecule has 9 nitrogen and oxygen atoms in total. The Bertz CT molecular complexity index is 873. The number of fused-ring (bicyclic) bond motifs is 1. The second-order valence-corrected chi connectivity index (χ2v) is 9.09. The van der Waals surface area contributed by atoms with Gasteiger partial charge in [0.1, 0.15) is 18.2 Å². The van der Waals surface area contributed by atoms with Crippen LogP contribution in [0, 0.1) is 0 Å². The van der Waals surface area contributed by atoms with Crippen molar-refractivity contribution in [3.63, 3.8) is 0 Å². The van der Waals surface area contributed by atoms with Crippen LogP contribution in [0.5, 0.6) is 5.75 Å². The van der Waals surface area contributed by atoms with E-state index in [0.717, 1.165) is 17.1 Å². The summed E-state index contributed by atoms with van der Waals surface area (Å²) in [5.41, 5.74) is 1.31. The number of para-hydroxylation sites is 1. The number of hydrogen-bond donors (Lipinski definition) is 1. The lowest BCUT2D eigenvalue weighted by Gasteiger charge is -2.41. The van der Waals surface area contributed by atoms with Crippen LogP contribution in [-0.2, 0) is 14.3 Å². The van der Waals surface area contributed by atoms with Crippen molar-refractivity contribution in [3.8, 4) is 5.75 Å². The fraction of sp³-hybridized carbons (Fsp3) is 0.591. The molecule has 168 valence electrons. The number of ether oxygens (including phenoxy) is 2. The van der Waals surface area contributed by atoms with E-state index in [4.69, 9.17) is 9.47 Å². The van der Waals surface area contributed by atoms with Crippen molar-refractivity contribution in [1.82, 2.24) is 10.2 Å². The minimum atomic E-state index is -0.514. The van der Waals surface area contributed by atoms with Crippen molar-refractivity contribution in [2.45, 2.75) is 45.3 Å². The van der Waals surface area contributed by atoms with E-state index in [1.165, 1.54) is 0 Å². The van der Waals surface area contributed by atoms with Crippen LogP contribution < -0.4 is 19.9 Å². The van der Waals surface area contributed by atoms with Gasteiger partial charge in [-0.15, -0.1) is 0 Å². The number of nitrogens with zero attached hydrogens (tertiary/aromatic N) is 3. The first kappa shape index (κ1) is 21.3. The molecule has 0 spiro atoms. The molecule has 0 saturated carbocycles. The first-order valence-corrected chi connectivity index (χ1v) is 10.8. The number of benzene rings is 1. The van der Waals surface area contributed by atoms with Gasteiger partial charge in [0, 0.05) is 32.6 Å². The van der Waals surface area contributed by atoms with Gasteiger partial charge in [-0.2, -0.15) is 0 Å². The van der Waals surface area contributed by atoms with Gasteiger partial charge in [0.05, 0.1) is 17.9 Å². The number of hydrogen-bond acceptors (Lipinski definition) is 7. The highest BCUT2D eigenvalue weighted by molar-refractivity contribution is 6.02. The van der Waals surface area contributed by atoms with E-state index in [1.54, 1.807) is 4.90 Å². The molecule has 0 aliphatic carbocycles. The largest absolute Gasteiger partial charge is 0.487 e. The Balaban J connectivity index is 1.49. The van der Waals surface area contributed by atoms with Crippen molar-refractivity contribution < 1.29 is 23.9 Å². The summed E-state index contributed by atoms with van der Waals surface area (Å²) < 4.78 is 11.5. The molecule has 1 aromatic carbocycles. The minimum absolute atomic E-state index is 0.216. The number of piperazine rings is 1. The summed E-state index contributed by atoms with van der Waals surface area (Å²) >= 11 is 0. The summed E-state index contributed by atoms with van der Waals surface area (Å²) in [6.07, 6.45) is 0.556. The SMILES string of the molecule is CC(C)(C)OC(=O)N1CCN(c2cccc3c2OCCN3[C@H]2CCC(=O)NC2=O)CC1. The number of imide groups is 1. The standard InChI is InChI=1S/C22H30N4O5/c1-22(2,3)31-21(29)25-11-9-24(10-12-25)15-5-4-6-16-19(15)30-14-13-26(16)17-7-8-18(27)23-20(17)28/h4-6,17H,7-14H2,1-3H3,(H,23,27,28)/t17-/m0/s1. The summed E-state index contributed by atoms with van der Waals surface area (Å²) in [5, 5.41) is 2.45. The highest BCUT2D eigenvalue weighted by Gasteiger charge is 2.36. The summed E-state index contributed by atoms with van der Waals surface area (Å²) in [5.74, 6) is 0.288. The molecule has 1 aromatic rings. The number of carbonyl (C=O) groups excluding carboxylic acids is 3. The van der Waals surface area contributed by atoms with E-state index in [-0.39, 0.29) is 23.9 Å². The van der Waals surface area contributed by atoms with Crippen LogP contribution in [0.15, 0.2) is 18.2 Å². The molecule has 0 unspecified atom stereocenters. The normalized spacial score (nSPS) is 21.9. The van der Waals surface area contributed by atoms with Gasteiger partial charge in [-0.25, -0.2) is 4.79 Å². The highest BCUT2D eigenvalue weighted by atomic mass is 16.6. The molecular weight excluding hydrogens is 400 g/mol. The molecule has 31 heavy (non-hydrogen) atoms. The van der Waals surface area contributed by atoms with Gasteiger partial charge in [0.15, 0.2) is 5.75 Å². The molecule has 2 saturated heterocycles. The van der Waals surface area contributed by atoms with Gasteiger partial charge >= 0.3 is 6.09 Å². The van der Waals surface area contributed by atoms with E-state index in [9.17, 15) is 14.4 Å². The average molecular weight is 431 g/mol. The quantitative estimate of drug-likeness (QED) is 0.715. The molecule has 1 N–H and O–H groups in total. The zero-order valence-corrected chi connectivity index (χ0v) is 18.3. The van der Waals surface area contributed by atoms with Crippen molar-refractivity contribution in [2.24, 2.45) is 0 Å². The molecule has 1 atom stereocenters. The van der Waals surface area contributed by atoms with E-state index >= 15 is 0 Å². The predicted octanol–water partition coefficient (Wildman–Crippen LogP) is 1.75. The molecule has 0 bridgehead atoms. The second-order valence-electron chi connectivity index (χ2n) is 9.09. The zero-order valence-electron chi connectivity index (χ0n) is 18.3. The Labute approximate surface area is 182 Å². The van der Waals surface area contributed by atoms with Crippen LogP contribution in [0.25, 0.3) is 0 Å². The summed E-state index contributed by atoms with van der Waals surface area (Å²) in [6, 6.07) is 5.55. The number of rotatable bonds is 2. The van der Waals surface area contributed by atoms with E-state index in [2.05, 4.69) is 10.2 Å². The van der Waals surface area contributed by atoms with Crippen LogP contribution >= 0.6 is 0 Å². The van der Waals surface area contributed by atoms with Gasteiger partial charge in [0.2, 0.25) is 11.8 Å². The van der Waals surface area contributed by atoms with Gasteiger partial charge in [-0.05, 0) is 39.3 Å². The lowest BCUT2D eigenvalue weighted by Crippen LogP contribution is -2.54. The maximum atomic E-state index is 12.4. The van der Waals surface area contributed by atoms with Crippen molar-refractivity contribution in [3.05, 3.63) is 18.2 Å². The maximum absolute atomic E-state index is 12.4. The Kier molecular flexibility index (Phi) is 5.68. The van der Waals surface area contributed by atoms with Crippen LogP contribution in [0.3, 0.4) is 0 Å². The molecule has 2 fully saturated rings. The molecule has 4 rings (SSSR count). The van der Waals surface area contributed by atoms with Gasteiger partial charge < -0.3 is 24.2 Å². The molecular formula is C22H30N4O5. The van der Waals surface area contributed by atoms with Gasteiger partial charge in [-0.3, -0.25) is 14.9 Å². The second kappa shape index (κ2) is 8.28. The number of piperidine rings is 1. The summed E-state index contributed by atoms with van der Waals surface area (Å²) in [4.78, 5) is 42.3. The minimum Gasteiger partial charge on any atom is -0.487 e. The van der Waals surface area contributed by atoms with Gasteiger partial charge in [0.25, 0.3) is 0 Å². The Morgan fingerprint density at radius 1 is 1.10 bits per heavy atom. The van der Waals surface area contributed by atoms with E-state index < -0.39 is 5.60 Å².